The maximum Gasteiger partial charge on any atom is 0.130 e. The minimum atomic E-state index is 0.204. The van der Waals surface area contributed by atoms with E-state index in [1.165, 1.54) is 0 Å². The van der Waals surface area contributed by atoms with Gasteiger partial charge < -0.3 is 9.32 Å². The highest BCUT2D eigenvalue weighted by Crippen LogP contribution is 2.36. The molecule has 3 rings (SSSR count). The molecular weight excluding hydrogens is 250 g/mol. The largest absolute Gasteiger partial charge is 0.467 e. The number of nitrogens with zero attached hydrogens (tertiary/aromatic N) is 3. The fourth-order valence-corrected chi connectivity index (χ4v) is 2.81. The first-order chi connectivity index (χ1) is 9.78. The van der Waals surface area contributed by atoms with Crippen LogP contribution in [0.5, 0.6) is 0 Å². The predicted octanol–water partition coefficient (Wildman–Crippen LogP) is 3.52. The summed E-state index contributed by atoms with van der Waals surface area (Å²) in [6, 6.07) is 9.91. The van der Waals surface area contributed by atoms with Crippen LogP contribution in [0.4, 0.5) is 5.82 Å². The molecule has 0 radical (unpaired) electrons. The summed E-state index contributed by atoms with van der Waals surface area (Å²) in [4.78, 5) is 6.68. The molecule has 1 saturated heterocycles. The first-order valence-corrected chi connectivity index (χ1v) is 6.94. The van der Waals surface area contributed by atoms with Crippen molar-refractivity contribution in [1.29, 1.82) is 5.26 Å². The summed E-state index contributed by atoms with van der Waals surface area (Å²) in [5.41, 5.74) is 0.645. The molecule has 0 aromatic carbocycles. The standard InChI is InChI=1S/C16H17N3O/c1-12-5-7-19(14(9-12)15-3-2-8-20-15)16-10-13(11-17)4-6-18-16/h2-4,6,8,10,12,14H,5,7,9H2,1H3. The number of nitriles is 1. The topological polar surface area (TPSA) is 53.1 Å². The van der Waals surface area contributed by atoms with Crippen molar-refractivity contribution in [2.24, 2.45) is 5.92 Å². The van der Waals surface area contributed by atoms with E-state index in [9.17, 15) is 0 Å². The molecule has 0 bridgehead atoms. The van der Waals surface area contributed by atoms with E-state index in [1.54, 1.807) is 18.5 Å². The fraction of sp³-hybridized carbons (Fsp3) is 0.375. The molecular formula is C16H17N3O. The second kappa shape index (κ2) is 5.38. The average Bonchev–Trinajstić information content (AvgIpc) is 3.01. The SMILES string of the molecule is CC1CCN(c2cc(C#N)ccn2)C(c2ccco2)C1. The monoisotopic (exact) mass is 267 g/mol. The summed E-state index contributed by atoms with van der Waals surface area (Å²) >= 11 is 0. The average molecular weight is 267 g/mol. The minimum absolute atomic E-state index is 0.204. The van der Waals surface area contributed by atoms with E-state index in [0.717, 1.165) is 31.0 Å². The maximum absolute atomic E-state index is 9.04. The zero-order valence-corrected chi connectivity index (χ0v) is 11.5. The van der Waals surface area contributed by atoms with E-state index in [-0.39, 0.29) is 6.04 Å². The Hall–Kier alpha value is -2.28. The molecule has 2 atom stereocenters. The number of hydrogen-bond donors (Lipinski definition) is 0. The van der Waals surface area contributed by atoms with Crippen molar-refractivity contribution < 1.29 is 4.42 Å². The van der Waals surface area contributed by atoms with Crippen LogP contribution in [0.1, 0.15) is 37.1 Å². The van der Waals surface area contributed by atoms with Gasteiger partial charge in [0.05, 0.1) is 23.9 Å². The lowest BCUT2D eigenvalue weighted by molar-refractivity contribution is 0.327. The molecule has 1 aliphatic rings. The Morgan fingerprint density at radius 2 is 2.35 bits per heavy atom. The highest BCUT2D eigenvalue weighted by Gasteiger charge is 2.30. The lowest BCUT2D eigenvalue weighted by Gasteiger charge is -2.38. The molecule has 0 spiro atoms. The van der Waals surface area contributed by atoms with Crippen LogP contribution in [-0.4, -0.2) is 11.5 Å². The third-order valence-electron chi connectivity index (χ3n) is 3.91. The summed E-state index contributed by atoms with van der Waals surface area (Å²) in [5, 5.41) is 9.04. The minimum Gasteiger partial charge on any atom is -0.467 e. The Labute approximate surface area is 118 Å². The van der Waals surface area contributed by atoms with Gasteiger partial charge in [-0.25, -0.2) is 4.98 Å². The van der Waals surface area contributed by atoms with Crippen molar-refractivity contribution in [3.8, 4) is 6.07 Å². The maximum atomic E-state index is 9.04. The van der Waals surface area contributed by atoms with Crippen LogP contribution < -0.4 is 4.90 Å². The molecule has 0 amide bonds. The number of hydrogen-bond acceptors (Lipinski definition) is 4. The van der Waals surface area contributed by atoms with Crippen LogP contribution in [0, 0.1) is 17.2 Å². The van der Waals surface area contributed by atoms with Crippen LogP contribution in [0.3, 0.4) is 0 Å². The summed E-state index contributed by atoms with van der Waals surface area (Å²) < 4.78 is 5.60. The van der Waals surface area contributed by atoms with E-state index in [4.69, 9.17) is 9.68 Å². The molecule has 0 saturated carbocycles. The van der Waals surface area contributed by atoms with Crippen molar-refractivity contribution in [3.05, 3.63) is 48.0 Å². The number of pyridine rings is 1. The predicted molar refractivity (Wildman–Crippen MR) is 76.1 cm³/mol. The van der Waals surface area contributed by atoms with E-state index in [2.05, 4.69) is 22.9 Å². The van der Waals surface area contributed by atoms with Gasteiger partial charge in [0.2, 0.25) is 0 Å². The molecule has 102 valence electrons. The molecule has 0 N–H and O–H groups in total. The molecule has 3 heterocycles. The third kappa shape index (κ3) is 2.39. The van der Waals surface area contributed by atoms with E-state index in [0.29, 0.717) is 11.5 Å². The van der Waals surface area contributed by atoms with Crippen LogP contribution in [-0.2, 0) is 0 Å². The Kier molecular flexibility index (Phi) is 3.42. The second-order valence-electron chi connectivity index (χ2n) is 5.37. The van der Waals surface area contributed by atoms with Gasteiger partial charge in [-0.15, -0.1) is 0 Å². The van der Waals surface area contributed by atoms with Crippen LogP contribution >= 0.6 is 0 Å². The molecule has 4 heteroatoms. The van der Waals surface area contributed by atoms with Crippen molar-refractivity contribution in [3.63, 3.8) is 0 Å². The Balaban J connectivity index is 1.95. The molecule has 2 aromatic heterocycles. The van der Waals surface area contributed by atoms with Gasteiger partial charge in [0.1, 0.15) is 11.6 Å². The van der Waals surface area contributed by atoms with Crippen LogP contribution in [0.2, 0.25) is 0 Å². The number of aromatic nitrogens is 1. The van der Waals surface area contributed by atoms with Crippen LogP contribution in [0.25, 0.3) is 0 Å². The van der Waals surface area contributed by atoms with Gasteiger partial charge in [0.15, 0.2) is 0 Å². The summed E-state index contributed by atoms with van der Waals surface area (Å²) in [6.07, 6.45) is 5.60. The zero-order valence-electron chi connectivity index (χ0n) is 11.5. The summed E-state index contributed by atoms with van der Waals surface area (Å²) in [6.45, 7) is 3.21. The summed E-state index contributed by atoms with van der Waals surface area (Å²) in [5.74, 6) is 2.50. The van der Waals surface area contributed by atoms with Gasteiger partial charge in [-0.2, -0.15) is 5.26 Å². The van der Waals surface area contributed by atoms with Gasteiger partial charge in [-0.3, -0.25) is 0 Å². The molecule has 2 unspecified atom stereocenters. The first kappa shape index (κ1) is 12.7. The molecule has 0 aliphatic carbocycles. The molecule has 1 fully saturated rings. The second-order valence-corrected chi connectivity index (χ2v) is 5.37. The lowest BCUT2D eigenvalue weighted by Crippen LogP contribution is -2.36. The smallest absolute Gasteiger partial charge is 0.130 e. The molecule has 1 aliphatic heterocycles. The normalized spacial score (nSPS) is 22.5. The van der Waals surface area contributed by atoms with Crippen LogP contribution in [0.15, 0.2) is 41.1 Å². The summed E-state index contributed by atoms with van der Waals surface area (Å²) in [7, 11) is 0. The lowest BCUT2D eigenvalue weighted by atomic mass is 9.91. The van der Waals surface area contributed by atoms with Crippen molar-refractivity contribution in [1.82, 2.24) is 4.98 Å². The van der Waals surface area contributed by atoms with E-state index < -0.39 is 0 Å². The highest BCUT2D eigenvalue weighted by molar-refractivity contribution is 5.47. The molecule has 2 aromatic rings. The molecule has 4 nitrogen and oxygen atoms in total. The van der Waals surface area contributed by atoms with Gasteiger partial charge in [0, 0.05) is 12.7 Å². The number of rotatable bonds is 2. The first-order valence-electron chi connectivity index (χ1n) is 6.94. The zero-order chi connectivity index (χ0) is 13.9. The van der Waals surface area contributed by atoms with Gasteiger partial charge in [-0.05, 0) is 43.0 Å². The van der Waals surface area contributed by atoms with E-state index >= 15 is 0 Å². The van der Waals surface area contributed by atoms with Crippen molar-refractivity contribution >= 4 is 5.82 Å². The quantitative estimate of drug-likeness (QED) is 0.835. The number of furan rings is 1. The van der Waals surface area contributed by atoms with Crippen molar-refractivity contribution in [2.75, 3.05) is 11.4 Å². The highest BCUT2D eigenvalue weighted by atomic mass is 16.3. The van der Waals surface area contributed by atoms with Gasteiger partial charge >= 0.3 is 0 Å². The number of piperidine rings is 1. The van der Waals surface area contributed by atoms with Gasteiger partial charge in [-0.1, -0.05) is 6.92 Å². The van der Waals surface area contributed by atoms with Gasteiger partial charge in [0.25, 0.3) is 0 Å². The Morgan fingerprint density at radius 3 is 3.10 bits per heavy atom. The third-order valence-corrected chi connectivity index (χ3v) is 3.91. The number of anilines is 1. The molecule has 20 heavy (non-hydrogen) atoms. The Morgan fingerprint density at radius 1 is 1.45 bits per heavy atom. The van der Waals surface area contributed by atoms with E-state index in [1.807, 2.05) is 18.2 Å². The fourth-order valence-electron chi connectivity index (χ4n) is 2.81. The van der Waals surface area contributed by atoms with Crippen molar-refractivity contribution in [2.45, 2.75) is 25.8 Å². The Bertz CT molecular complexity index is 615.